The lowest BCUT2D eigenvalue weighted by Gasteiger charge is -2.22. The van der Waals surface area contributed by atoms with Gasteiger partial charge in [0.15, 0.2) is 0 Å². The number of hydrogen-bond acceptors (Lipinski definition) is 3. The highest BCUT2D eigenvalue weighted by atomic mass is 35.5. The Labute approximate surface area is 160 Å². The van der Waals surface area contributed by atoms with Gasteiger partial charge in [-0.05, 0) is 43.5 Å². The van der Waals surface area contributed by atoms with Gasteiger partial charge in [0.05, 0.1) is 11.9 Å². The second kappa shape index (κ2) is 9.05. The number of benzene rings is 2. The van der Waals surface area contributed by atoms with Crippen molar-refractivity contribution in [3.8, 4) is 0 Å². The summed E-state index contributed by atoms with van der Waals surface area (Å²) in [5.74, 6) is -0.338. The van der Waals surface area contributed by atoms with E-state index in [0.29, 0.717) is 17.3 Å². The summed E-state index contributed by atoms with van der Waals surface area (Å²) in [6.45, 7) is 2.13. The lowest BCUT2D eigenvalue weighted by Crippen LogP contribution is -2.40. The molecule has 0 heterocycles. The zero-order valence-electron chi connectivity index (χ0n) is 14.9. The number of carbonyl (C=O) groups is 1. The molecule has 1 N–H and O–H groups in total. The van der Waals surface area contributed by atoms with Crippen molar-refractivity contribution < 1.29 is 13.2 Å². The van der Waals surface area contributed by atoms with Crippen LogP contribution in [-0.4, -0.2) is 33.7 Å². The van der Waals surface area contributed by atoms with Gasteiger partial charge in [-0.2, -0.15) is 0 Å². The van der Waals surface area contributed by atoms with Gasteiger partial charge in [-0.1, -0.05) is 47.5 Å². The molecular weight excluding hydrogens is 372 g/mol. The molecule has 2 rings (SSSR count). The number of carbonyl (C=O) groups excluding carboxylic acids is 1. The fraction of sp³-hybridized carbons (Fsp3) is 0.316. The normalized spacial score (nSPS) is 11.2. The van der Waals surface area contributed by atoms with Crippen molar-refractivity contribution in [2.75, 3.05) is 23.7 Å². The number of anilines is 1. The third kappa shape index (κ3) is 6.04. The van der Waals surface area contributed by atoms with Crippen LogP contribution in [0.5, 0.6) is 0 Å². The number of amides is 1. The van der Waals surface area contributed by atoms with E-state index in [9.17, 15) is 13.2 Å². The molecule has 2 aromatic rings. The number of sulfonamides is 1. The average molecular weight is 395 g/mol. The van der Waals surface area contributed by atoms with Gasteiger partial charge < -0.3 is 5.32 Å². The summed E-state index contributed by atoms with van der Waals surface area (Å²) in [6.07, 6.45) is 2.56. The molecule has 0 atom stereocenters. The van der Waals surface area contributed by atoms with Gasteiger partial charge in [0.25, 0.3) is 0 Å². The summed E-state index contributed by atoms with van der Waals surface area (Å²) >= 11 is 6.10. The fourth-order valence-electron chi connectivity index (χ4n) is 2.51. The molecule has 2 aromatic carbocycles. The van der Waals surface area contributed by atoms with E-state index < -0.39 is 10.0 Å². The van der Waals surface area contributed by atoms with Crippen LogP contribution in [0, 0.1) is 6.92 Å². The molecule has 0 saturated carbocycles. The Bertz CT molecular complexity index is 851. The number of nitrogens with zero attached hydrogens (tertiary/aromatic N) is 1. The minimum Gasteiger partial charge on any atom is -0.355 e. The Hall–Kier alpha value is -2.05. The van der Waals surface area contributed by atoms with Gasteiger partial charge in [-0.3, -0.25) is 9.10 Å². The predicted octanol–water partition coefficient (Wildman–Crippen LogP) is 3.16. The standard InChI is InChI=1S/C19H23ClN2O3S/c1-15-9-11-17(12-10-15)22(26(2,24)25)14-19(23)21-13-5-7-16-6-3-4-8-18(16)20/h3-4,6,8-12H,5,7,13-14H2,1-2H3,(H,21,23). The fourth-order valence-corrected chi connectivity index (χ4v) is 3.59. The molecule has 0 aliphatic heterocycles. The molecule has 0 aliphatic rings. The van der Waals surface area contributed by atoms with Crippen LogP contribution in [0.3, 0.4) is 0 Å². The van der Waals surface area contributed by atoms with Crippen molar-refractivity contribution in [3.63, 3.8) is 0 Å². The van der Waals surface area contributed by atoms with E-state index >= 15 is 0 Å². The smallest absolute Gasteiger partial charge is 0.240 e. The number of rotatable bonds is 8. The second-order valence-corrected chi connectivity index (χ2v) is 8.46. The third-order valence-electron chi connectivity index (χ3n) is 3.91. The zero-order valence-corrected chi connectivity index (χ0v) is 16.5. The Morgan fingerprint density at radius 3 is 2.38 bits per heavy atom. The van der Waals surface area contributed by atoms with E-state index in [4.69, 9.17) is 11.6 Å². The highest BCUT2D eigenvalue weighted by Crippen LogP contribution is 2.18. The minimum atomic E-state index is -3.55. The molecule has 0 aliphatic carbocycles. The Morgan fingerprint density at radius 1 is 1.12 bits per heavy atom. The van der Waals surface area contributed by atoms with Gasteiger partial charge in [0.2, 0.25) is 15.9 Å². The van der Waals surface area contributed by atoms with Crippen LogP contribution in [0.15, 0.2) is 48.5 Å². The van der Waals surface area contributed by atoms with Crippen molar-refractivity contribution >= 4 is 33.2 Å². The molecule has 140 valence electrons. The van der Waals surface area contributed by atoms with E-state index in [0.717, 1.165) is 34.5 Å². The molecule has 26 heavy (non-hydrogen) atoms. The highest BCUT2D eigenvalue weighted by molar-refractivity contribution is 7.92. The largest absolute Gasteiger partial charge is 0.355 e. The summed E-state index contributed by atoms with van der Waals surface area (Å²) in [5.41, 5.74) is 2.52. The monoisotopic (exact) mass is 394 g/mol. The zero-order chi connectivity index (χ0) is 19.2. The predicted molar refractivity (Wildman–Crippen MR) is 106 cm³/mol. The van der Waals surface area contributed by atoms with Crippen LogP contribution in [0.25, 0.3) is 0 Å². The quantitative estimate of drug-likeness (QED) is 0.699. The molecule has 5 nitrogen and oxygen atoms in total. The van der Waals surface area contributed by atoms with E-state index in [-0.39, 0.29) is 12.5 Å². The van der Waals surface area contributed by atoms with Crippen molar-refractivity contribution in [2.24, 2.45) is 0 Å². The third-order valence-corrected chi connectivity index (χ3v) is 5.42. The van der Waals surface area contributed by atoms with Crippen LogP contribution < -0.4 is 9.62 Å². The van der Waals surface area contributed by atoms with Crippen LogP contribution in [0.4, 0.5) is 5.69 Å². The van der Waals surface area contributed by atoms with Crippen molar-refractivity contribution in [1.29, 1.82) is 0 Å². The van der Waals surface area contributed by atoms with Crippen LogP contribution in [0.2, 0.25) is 5.02 Å². The van der Waals surface area contributed by atoms with Gasteiger partial charge in [-0.25, -0.2) is 8.42 Å². The van der Waals surface area contributed by atoms with Crippen molar-refractivity contribution in [1.82, 2.24) is 5.32 Å². The molecule has 0 aromatic heterocycles. The van der Waals surface area contributed by atoms with Crippen molar-refractivity contribution in [3.05, 3.63) is 64.7 Å². The van der Waals surface area contributed by atoms with Gasteiger partial charge in [0, 0.05) is 11.6 Å². The minimum absolute atomic E-state index is 0.242. The molecule has 0 saturated heterocycles. The maximum atomic E-state index is 12.2. The van der Waals surface area contributed by atoms with Crippen LogP contribution in [0.1, 0.15) is 17.5 Å². The first-order chi connectivity index (χ1) is 12.3. The van der Waals surface area contributed by atoms with E-state index in [1.165, 1.54) is 0 Å². The van der Waals surface area contributed by atoms with E-state index in [1.54, 1.807) is 12.1 Å². The lowest BCUT2D eigenvalue weighted by atomic mass is 10.1. The first-order valence-electron chi connectivity index (χ1n) is 8.32. The summed E-state index contributed by atoms with van der Waals surface area (Å²) in [6, 6.07) is 14.6. The Morgan fingerprint density at radius 2 is 1.77 bits per heavy atom. The lowest BCUT2D eigenvalue weighted by molar-refractivity contribution is -0.119. The van der Waals surface area contributed by atoms with Crippen LogP contribution in [-0.2, 0) is 21.2 Å². The number of hydrogen-bond donors (Lipinski definition) is 1. The van der Waals surface area contributed by atoms with Gasteiger partial charge in [0.1, 0.15) is 6.54 Å². The molecule has 1 amide bonds. The molecule has 0 spiro atoms. The van der Waals surface area contributed by atoms with Crippen molar-refractivity contribution in [2.45, 2.75) is 19.8 Å². The SMILES string of the molecule is Cc1ccc(N(CC(=O)NCCCc2ccccc2Cl)S(C)(=O)=O)cc1. The summed E-state index contributed by atoms with van der Waals surface area (Å²) in [5, 5.41) is 3.48. The maximum Gasteiger partial charge on any atom is 0.240 e. The molecule has 0 fully saturated rings. The second-order valence-electron chi connectivity index (χ2n) is 6.15. The average Bonchev–Trinajstić information content (AvgIpc) is 2.58. The first kappa shape index (κ1) is 20.3. The first-order valence-corrected chi connectivity index (χ1v) is 10.5. The van der Waals surface area contributed by atoms with Crippen LogP contribution >= 0.6 is 11.6 Å². The maximum absolute atomic E-state index is 12.2. The topological polar surface area (TPSA) is 66.5 Å². The molecular formula is C19H23ClN2O3S. The van der Waals surface area contributed by atoms with Gasteiger partial charge in [-0.15, -0.1) is 0 Å². The van der Waals surface area contributed by atoms with E-state index in [1.807, 2.05) is 43.3 Å². The molecule has 0 radical (unpaired) electrons. The summed E-state index contributed by atoms with van der Waals surface area (Å²) < 4.78 is 25.2. The number of nitrogens with one attached hydrogen (secondary N) is 1. The molecule has 7 heteroatoms. The van der Waals surface area contributed by atoms with E-state index in [2.05, 4.69) is 5.32 Å². The molecule has 0 bridgehead atoms. The van der Waals surface area contributed by atoms with Gasteiger partial charge >= 0.3 is 0 Å². The highest BCUT2D eigenvalue weighted by Gasteiger charge is 2.20. The number of halogens is 1. The Balaban J connectivity index is 1.89. The molecule has 0 unspecified atom stereocenters. The summed E-state index contributed by atoms with van der Waals surface area (Å²) in [4.78, 5) is 12.2. The Kier molecular flexibility index (Phi) is 7.06. The number of aryl methyl sites for hydroxylation is 2. The summed E-state index contributed by atoms with van der Waals surface area (Å²) in [7, 11) is -3.55.